The van der Waals surface area contributed by atoms with Crippen LogP contribution in [0.5, 0.6) is 0 Å². The average Bonchev–Trinajstić information content (AvgIpc) is 2.56. The van der Waals surface area contributed by atoms with Crippen molar-refractivity contribution in [3.63, 3.8) is 0 Å². The van der Waals surface area contributed by atoms with Gasteiger partial charge in [-0.15, -0.1) is 0 Å². The molecule has 0 bridgehead atoms. The maximum Gasteiger partial charge on any atom is 0.120 e. The highest BCUT2D eigenvalue weighted by Gasteiger charge is 2.04. The monoisotopic (exact) mass is 346 g/mol. The third-order valence-corrected chi connectivity index (χ3v) is 4.42. The largest absolute Gasteiger partial charge is 0.378 e. The summed E-state index contributed by atoms with van der Waals surface area (Å²) in [5, 5.41) is 9.42. The molecule has 0 aromatic carbocycles. The summed E-state index contributed by atoms with van der Waals surface area (Å²) in [5.74, 6) is 11.3. The number of aliphatic hydroxyl groups is 1. The molecule has 25 heavy (non-hydrogen) atoms. The lowest BCUT2D eigenvalue weighted by atomic mass is 10.0. The summed E-state index contributed by atoms with van der Waals surface area (Å²) in [6, 6.07) is 0. The third kappa shape index (κ3) is 23.1. The quantitative estimate of drug-likeness (QED) is 0.249. The van der Waals surface area contributed by atoms with Gasteiger partial charge in [-0.2, -0.15) is 0 Å². The zero-order chi connectivity index (χ0) is 18.6. The van der Waals surface area contributed by atoms with Gasteiger partial charge < -0.3 is 5.11 Å². The molecule has 1 heteroatoms. The van der Waals surface area contributed by atoms with Crippen molar-refractivity contribution >= 4 is 0 Å². The Hall–Kier alpha value is -0.920. The number of unbranched alkanes of at least 4 members (excludes halogenated alkanes) is 15. The minimum Gasteiger partial charge on any atom is -0.378 e. The summed E-state index contributed by atoms with van der Waals surface area (Å²) in [4.78, 5) is 0. The molecule has 0 fully saturated rings. The van der Waals surface area contributed by atoms with Crippen LogP contribution in [0.2, 0.25) is 0 Å². The zero-order valence-corrected chi connectivity index (χ0v) is 17.3. The van der Waals surface area contributed by atoms with Crippen molar-refractivity contribution in [2.75, 3.05) is 0 Å². The molecule has 0 aliphatic heterocycles. The molecule has 0 aliphatic carbocycles. The Bertz CT molecular complexity index is 394. The minimum absolute atomic E-state index is 0.927. The first kappa shape index (κ1) is 24.1. The molecule has 0 aromatic rings. The predicted octanol–water partition coefficient (Wildman–Crippen LogP) is 7.03. The van der Waals surface area contributed by atoms with Crippen LogP contribution < -0.4 is 0 Å². The van der Waals surface area contributed by atoms with Crippen LogP contribution in [-0.4, -0.2) is 10.7 Å². The number of rotatable bonds is 15. The third-order valence-electron chi connectivity index (χ3n) is 4.42. The fourth-order valence-electron chi connectivity index (χ4n) is 2.88. The Labute approximate surface area is 158 Å². The van der Waals surface area contributed by atoms with Crippen molar-refractivity contribution in [3.05, 3.63) is 0 Å². The van der Waals surface area contributed by atoms with E-state index < -0.39 is 5.60 Å². The predicted molar refractivity (Wildman–Crippen MR) is 111 cm³/mol. The van der Waals surface area contributed by atoms with Crippen LogP contribution in [0.4, 0.5) is 0 Å². The summed E-state index contributed by atoms with van der Waals surface area (Å²) in [6.45, 7) is 5.64. The fourth-order valence-corrected chi connectivity index (χ4v) is 2.88. The van der Waals surface area contributed by atoms with Crippen molar-refractivity contribution in [2.45, 2.75) is 129 Å². The van der Waals surface area contributed by atoms with E-state index in [9.17, 15) is 5.11 Å². The van der Waals surface area contributed by atoms with E-state index in [2.05, 4.69) is 30.6 Å². The molecule has 0 saturated carbocycles. The van der Waals surface area contributed by atoms with E-state index in [0.29, 0.717) is 0 Å². The van der Waals surface area contributed by atoms with Gasteiger partial charge in [0, 0.05) is 6.42 Å². The van der Waals surface area contributed by atoms with Crippen LogP contribution in [0.15, 0.2) is 0 Å². The van der Waals surface area contributed by atoms with E-state index in [-0.39, 0.29) is 0 Å². The Kier molecular flexibility index (Phi) is 17.2. The molecule has 0 atom stereocenters. The Morgan fingerprint density at radius 3 is 1.40 bits per heavy atom. The lowest BCUT2D eigenvalue weighted by Gasteiger charge is -2.04. The van der Waals surface area contributed by atoms with Gasteiger partial charge in [0.1, 0.15) is 5.60 Å². The van der Waals surface area contributed by atoms with Gasteiger partial charge in [-0.1, -0.05) is 109 Å². The van der Waals surface area contributed by atoms with Crippen LogP contribution in [0.3, 0.4) is 0 Å². The Morgan fingerprint density at radius 1 is 0.600 bits per heavy atom. The summed E-state index contributed by atoms with van der Waals surface area (Å²) < 4.78 is 0. The molecule has 0 saturated heterocycles. The van der Waals surface area contributed by atoms with Crippen molar-refractivity contribution in [2.24, 2.45) is 0 Å². The van der Waals surface area contributed by atoms with E-state index in [0.717, 1.165) is 6.42 Å². The van der Waals surface area contributed by atoms with Crippen LogP contribution >= 0.6 is 0 Å². The van der Waals surface area contributed by atoms with Crippen molar-refractivity contribution < 1.29 is 5.11 Å². The first-order chi connectivity index (χ1) is 12.1. The van der Waals surface area contributed by atoms with Crippen molar-refractivity contribution in [1.29, 1.82) is 0 Å². The van der Waals surface area contributed by atoms with E-state index >= 15 is 0 Å². The zero-order valence-electron chi connectivity index (χ0n) is 17.3. The van der Waals surface area contributed by atoms with Crippen LogP contribution in [0, 0.1) is 23.7 Å². The van der Waals surface area contributed by atoms with Gasteiger partial charge in [0.25, 0.3) is 0 Å². The molecule has 0 radical (unpaired) electrons. The Balaban J connectivity index is 3.19. The first-order valence-corrected chi connectivity index (χ1v) is 10.8. The lowest BCUT2D eigenvalue weighted by molar-refractivity contribution is 0.143. The lowest BCUT2D eigenvalue weighted by Crippen LogP contribution is -2.14. The van der Waals surface area contributed by atoms with Crippen LogP contribution in [-0.2, 0) is 0 Å². The molecule has 0 heterocycles. The van der Waals surface area contributed by atoms with Gasteiger partial charge in [0.2, 0.25) is 0 Å². The second kappa shape index (κ2) is 17.9. The highest BCUT2D eigenvalue weighted by Crippen LogP contribution is 2.13. The van der Waals surface area contributed by atoms with E-state index in [1.54, 1.807) is 13.8 Å². The van der Waals surface area contributed by atoms with Crippen LogP contribution in [0.25, 0.3) is 0 Å². The van der Waals surface area contributed by atoms with E-state index in [4.69, 9.17) is 0 Å². The van der Waals surface area contributed by atoms with Crippen molar-refractivity contribution in [3.8, 4) is 23.7 Å². The Morgan fingerprint density at radius 2 is 1.00 bits per heavy atom. The molecule has 144 valence electrons. The van der Waals surface area contributed by atoms with Crippen LogP contribution in [0.1, 0.15) is 124 Å². The molecule has 0 amide bonds. The van der Waals surface area contributed by atoms with Gasteiger partial charge in [0.05, 0.1) is 0 Å². The van der Waals surface area contributed by atoms with Crippen molar-refractivity contribution in [1.82, 2.24) is 0 Å². The summed E-state index contributed by atoms with van der Waals surface area (Å²) >= 11 is 0. The van der Waals surface area contributed by atoms with Gasteiger partial charge in [-0.05, 0) is 32.1 Å². The molecule has 1 N–H and O–H groups in total. The molecular weight excluding hydrogens is 304 g/mol. The molecule has 0 aromatic heterocycles. The molecule has 0 spiro atoms. The highest BCUT2D eigenvalue weighted by atomic mass is 16.3. The smallest absolute Gasteiger partial charge is 0.120 e. The van der Waals surface area contributed by atoms with Gasteiger partial charge in [-0.25, -0.2) is 0 Å². The second-order valence-electron chi connectivity index (χ2n) is 7.81. The maximum absolute atomic E-state index is 9.42. The minimum atomic E-state index is -0.927. The fraction of sp³-hybridized carbons (Fsp3) is 0.833. The van der Waals surface area contributed by atoms with E-state index in [1.165, 1.54) is 96.3 Å². The SMILES string of the molecule is CCCCCCCCCCCCCCCCCC#CC#CC(C)(C)O. The average molecular weight is 347 g/mol. The van der Waals surface area contributed by atoms with Gasteiger partial charge in [-0.3, -0.25) is 0 Å². The summed E-state index contributed by atoms with van der Waals surface area (Å²) in [6.07, 6.45) is 21.8. The summed E-state index contributed by atoms with van der Waals surface area (Å²) in [7, 11) is 0. The highest BCUT2D eigenvalue weighted by molar-refractivity contribution is 5.28. The first-order valence-electron chi connectivity index (χ1n) is 10.8. The summed E-state index contributed by atoms with van der Waals surface area (Å²) in [5.41, 5.74) is -0.927. The van der Waals surface area contributed by atoms with E-state index in [1.807, 2.05) is 0 Å². The maximum atomic E-state index is 9.42. The molecule has 0 rings (SSSR count). The topological polar surface area (TPSA) is 20.2 Å². The van der Waals surface area contributed by atoms with Gasteiger partial charge in [0.15, 0.2) is 0 Å². The normalized spacial score (nSPS) is 10.7. The molecule has 0 aliphatic rings. The second-order valence-corrected chi connectivity index (χ2v) is 7.81. The number of hydrogen-bond acceptors (Lipinski definition) is 1. The number of hydrogen-bond donors (Lipinski definition) is 1. The van der Waals surface area contributed by atoms with Gasteiger partial charge >= 0.3 is 0 Å². The standard InChI is InChI=1S/C24H42O/c1-4-5-6-7-8-9-10-11-12-13-14-15-16-17-18-19-20-21-22-23-24(2,3)25/h25H,4-19H2,1-3H3. The molecular formula is C24H42O. The molecule has 0 unspecified atom stereocenters. The molecule has 1 nitrogen and oxygen atoms in total.